The summed E-state index contributed by atoms with van der Waals surface area (Å²) in [6, 6.07) is 3.10. The molecule has 0 saturated carbocycles. The third-order valence-corrected chi connectivity index (χ3v) is 2.65. The summed E-state index contributed by atoms with van der Waals surface area (Å²) in [5.41, 5.74) is 0.557. The SMILES string of the molecule is C1#[N+]CCC2(C1)CCNC2. The molecule has 2 heteroatoms. The average molecular weight is 137 g/mol. The van der Waals surface area contributed by atoms with Gasteiger partial charge in [0.2, 0.25) is 0 Å². The first-order valence-electron chi connectivity index (χ1n) is 4.01. The van der Waals surface area contributed by atoms with E-state index in [9.17, 15) is 0 Å². The topological polar surface area (TPSA) is 16.4 Å². The van der Waals surface area contributed by atoms with E-state index in [-0.39, 0.29) is 0 Å². The zero-order valence-electron chi connectivity index (χ0n) is 6.19. The lowest BCUT2D eigenvalue weighted by Gasteiger charge is -2.21. The first kappa shape index (κ1) is 6.18. The molecule has 1 atom stereocenters. The van der Waals surface area contributed by atoms with E-state index in [0.717, 1.165) is 13.0 Å². The summed E-state index contributed by atoms with van der Waals surface area (Å²) in [5, 5.41) is 3.40. The summed E-state index contributed by atoms with van der Waals surface area (Å²) in [4.78, 5) is 4.12. The van der Waals surface area contributed by atoms with Crippen molar-refractivity contribution in [1.82, 2.24) is 5.32 Å². The van der Waals surface area contributed by atoms with Gasteiger partial charge in [-0.15, -0.1) is 0 Å². The van der Waals surface area contributed by atoms with Gasteiger partial charge in [-0.3, -0.25) is 0 Å². The molecule has 2 aliphatic rings. The van der Waals surface area contributed by atoms with E-state index in [1.807, 2.05) is 0 Å². The van der Waals surface area contributed by atoms with Gasteiger partial charge in [-0.2, -0.15) is 0 Å². The van der Waals surface area contributed by atoms with Gasteiger partial charge >= 0.3 is 0 Å². The summed E-state index contributed by atoms with van der Waals surface area (Å²) >= 11 is 0. The summed E-state index contributed by atoms with van der Waals surface area (Å²) in [6.45, 7) is 3.39. The number of hydrogen-bond acceptors (Lipinski definition) is 1. The second kappa shape index (κ2) is 2.25. The Morgan fingerprint density at radius 1 is 1.40 bits per heavy atom. The van der Waals surface area contributed by atoms with Gasteiger partial charge in [-0.05, 0) is 13.0 Å². The summed E-state index contributed by atoms with van der Waals surface area (Å²) in [6.07, 6.45) is 3.68. The molecule has 2 nitrogen and oxygen atoms in total. The van der Waals surface area contributed by atoms with Crippen molar-refractivity contribution in [2.45, 2.75) is 19.3 Å². The van der Waals surface area contributed by atoms with E-state index >= 15 is 0 Å². The monoisotopic (exact) mass is 137 g/mol. The van der Waals surface area contributed by atoms with Crippen molar-refractivity contribution in [3.63, 3.8) is 0 Å². The van der Waals surface area contributed by atoms with Crippen molar-refractivity contribution in [3.05, 3.63) is 4.85 Å². The third kappa shape index (κ3) is 0.911. The van der Waals surface area contributed by atoms with Gasteiger partial charge < -0.3 is 5.32 Å². The van der Waals surface area contributed by atoms with E-state index in [2.05, 4.69) is 16.2 Å². The van der Waals surface area contributed by atoms with Gasteiger partial charge in [0.15, 0.2) is 0 Å². The van der Waals surface area contributed by atoms with Gasteiger partial charge in [0.05, 0.1) is 6.42 Å². The van der Waals surface area contributed by atoms with Crippen LogP contribution in [-0.4, -0.2) is 19.6 Å². The second-order valence-electron chi connectivity index (χ2n) is 3.39. The van der Waals surface area contributed by atoms with Crippen LogP contribution < -0.4 is 5.32 Å². The predicted octanol–water partition coefficient (Wildman–Crippen LogP) is 1.09. The Kier molecular flexibility index (Phi) is 1.39. The van der Waals surface area contributed by atoms with Crippen LogP contribution in [0.1, 0.15) is 19.3 Å². The van der Waals surface area contributed by atoms with Crippen molar-refractivity contribution in [2.24, 2.45) is 5.41 Å². The first-order chi connectivity index (χ1) is 4.91. The lowest BCUT2D eigenvalue weighted by molar-refractivity contribution is 0.309. The van der Waals surface area contributed by atoms with E-state index in [4.69, 9.17) is 0 Å². The minimum Gasteiger partial charge on any atom is -0.316 e. The minimum atomic E-state index is 0.557. The Labute approximate surface area is 61.4 Å². The molecule has 1 spiro atoms. The fourth-order valence-electron chi connectivity index (χ4n) is 1.84. The molecule has 0 amide bonds. The molecule has 1 saturated heterocycles. The molecule has 0 aromatic rings. The Hall–Kier alpha value is -0.550. The smallest absolute Gasteiger partial charge is 0.273 e. The third-order valence-electron chi connectivity index (χ3n) is 2.65. The molecule has 54 valence electrons. The molecule has 2 rings (SSSR count). The molecular weight excluding hydrogens is 124 g/mol. The lowest BCUT2D eigenvalue weighted by atomic mass is 9.80. The predicted molar refractivity (Wildman–Crippen MR) is 41.3 cm³/mol. The highest BCUT2D eigenvalue weighted by Gasteiger charge is 2.37. The normalized spacial score (nSPS) is 37.6. The van der Waals surface area contributed by atoms with Gasteiger partial charge in [0.25, 0.3) is 12.6 Å². The number of nitrogens with zero attached hydrogens (tertiary/aromatic N) is 1. The highest BCUT2D eigenvalue weighted by molar-refractivity contribution is 5.04. The zero-order chi connectivity index (χ0) is 6.86. The molecule has 0 aromatic heterocycles. The number of rotatable bonds is 0. The van der Waals surface area contributed by atoms with E-state index in [1.54, 1.807) is 0 Å². The number of hydrogen-bond donors (Lipinski definition) is 1. The zero-order valence-corrected chi connectivity index (χ0v) is 6.19. The highest BCUT2D eigenvalue weighted by Crippen LogP contribution is 2.34. The lowest BCUT2D eigenvalue weighted by Crippen LogP contribution is -2.25. The molecule has 10 heavy (non-hydrogen) atoms. The maximum absolute atomic E-state index is 4.12. The Bertz CT molecular complexity index is 181. The van der Waals surface area contributed by atoms with Crippen molar-refractivity contribution in [2.75, 3.05) is 19.6 Å². The molecule has 1 fully saturated rings. The molecule has 2 aliphatic heterocycles. The minimum absolute atomic E-state index is 0.557. The Morgan fingerprint density at radius 2 is 2.40 bits per heavy atom. The molecule has 0 aliphatic carbocycles. The Morgan fingerprint density at radius 3 is 3.00 bits per heavy atom. The summed E-state index contributed by atoms with van der Waals surface area (Å²) < 4.78 is 0. The van der Waals surface area contributed by atoms with Gasteiger partial charge in [0.1, 0.15) is 0 Å². The maximum Gasteiger partial charge on any atom is 0.273 e. The van der Waals surface area contributed by atoms with Crippen LogP contribution >= 0.6 is 0 Å². The van der Waals surface area contributed by atoms with Crippen LogP contribution in [0.25, 0.3) is 4.85 Å². The fourth-order valence-corrected chi connectivity index (χ4v) is 1.84. The molecule has 0 aromatic carbocycles. The number of nitrogens with one attached hydrogen (secondary N) is 1. The summed E-state index contributed by atoms with van der Waals surface area (Å²) in [7, 11) is 0. The molecule has 2 heterocycles. The van der Waals surface area contributed by atoms with Gasteiger partial charge in [0, 0.05) is 18.4 Å². The van der Waals surface area contributed by atoms with Gasteiger partial charge in [-0.1, -0.05) is 4.85 Å². The molecular formula is C8H13N2+. The fraction of sp³-hybridized carbons (Fsp3) is 0.875. The molecule has 1 unspecified atom stereocenters. The van der Waals surface area contributed by atoms with Crippen LogP contribution in [0.3, 0.4) is 0 Å². The quantitative estimate of drug-likeness (QED) is 0.528. The largest absolute Gasteiger partial charge is 0.316 e. The van der Waals surface area contributed by atoms with E-state index in [1.165, 1.54) is 25.9 Å². The van der Waals surface area contributed by atoms with Gasteiger partial charge in [-0.25, -0.2) is 0 Å². The molecule has 1 N–H and O–H groups in total. The van der Waals surface area contributed by atoms with E-state index in [0.29, 0.717) is 5.41 Å². The van der Waals surface area contributed by atoms with E-state index < -0.39 is 0 Å². The first-order valence-corrected chi connectivity index (χ1v) is 4.01. The summed E-state index contributed by atoms with van der Waals surface area (Å²) in [5.74, 6) is 0. The van der Waals surface area contributed by atoms with Crippen LogP contribution in [0.15, 0.2) is 0 Å². The van der Waals surface area contributed by atoms with Crippen LogP contribution in [0.5, 0.6) is 0 Å². The Balaban J connectivity index is 2.10. The molecule has 0 radical (unpaired) electrons. The maximum atomic E-state index is 4.12. The van der Waals surface area contributed by atoms with Crippen molar-refractivity contribution in [3.8, 4) is 6.07 Å². The average Bonchev–Trinajstić information content (AvgIpc) is 2.39. The van der Waals surface area contributed by atoms with Crippen LogP contribution in [0, 0.1) is 11.5 Å². The second-order valence-corrected chi connectivity index (χ2v) is 3.39. The van der Waals surface area contributed by atoms with Crippen LogP contribution in [0.2, 0.25) is 0 Å². The van der Waals surface area contributed by atoms with Crippen LogP contribution in [-0.2, 0) is 0 Å². The van der Waals surface area contributed by atoms with Crippen molar-refractivity contribution >= 4 is 0 Å². The molecule has 0 bridgehead atoms. The van der Waals surface area contributed by atoms with Crippen molar-refractivity contribution in [1.29, 1.82) is 0 Å². The standard InChI is InChI=1S/C8H13N2/c1-4-9-5-2-8(1)3-6-10-7-8/h10H,1-4,6-7H2/q+1. The highest BCUT2D eigenvalue weighted by atomic mass is 14.9. The van der Waals surface area contributed by atoms with Crippen LogP contribution in [0.4, 0.5) is 0 Å². The van der Waals surface area contributed by atoms with Crippen molar-refractivity contribution < 1.29 is 0 Å².